The van der Waals surface area contributed by atoms with Crippen LogP contribution in [0.2, 0.25) is 0 Å². The molecular weight excluding hydrogens is 476 g/mol. The summed E-state index contributed by atoms with van der Waals surface area (Å²) in [6.07, 6.45) is 5.45. The number of ether oxygens (including phenoxy) is 1. The molecule has 1 aliphatic rings. The van der Waals surface area contributed by atoms with Gasteiger partial charge in [-0.1, -0.05) is 55.0 Å². The molecule has 1 aliphatic carbocycles. The Morgan fingerprint density at radius 3 is 2.26 bits per heavy atom. The number of aliphatic hydroxyl groups excluding tert-OH is 1. The molecule has 0 heterocycles. The number of hydrogen-bond acceptors (Lipinski definition) is 5. The Morgan fingerprint density at radius 2 is 1.63 bits per heavy atom. The van der Waals surface area contributed by atoms with Gasteiger partial charge in [0, 0.05) is 37.5 Å². The summed E-state index contributed by atoms with van der Waals surface area (Å²) in [6, 6.07) is 24.3. The number of nitrogens with zero attached hydrogens (tertiary/aromatic N) is 2. The molecule has 1 N–H and O–H groups in total. The van der Waals surface area contributed by atoms with Gasteiger partial charge >= 0.3 is 5.97 Å². The fourth-order valence-electron chi connectivity index (χ4n) is 4.87. The topological polar surface area (TPSA) is 70.1 Å². The number of anilines is 2. The summed E-state index contributed by atoms with van der Waals surface area (Å²) in [4.78, 5) is 29.2. The number of carbonyl (C=O) groups is 2. The van der Waals surface area contributed by atoms with E-state index in [2.05, 4.69) is 53.4 Å². The van der Waals surface area contributed by atoms with Crippen LogP contribution in [0, 0.1) is 5.92 Å². The molecule has 0 aliphatic heterocycles. The predicted octanol–water partition coefficient (Wildman–Crippen LogP) is 5.69. The van der Waals surface area contributed by atoms with Crippen molar-refractivity contribution >= 4 is 29.3 Å². The maximum absolute atomic E-state index is 13.8. The first-order valence-electron chi connectivity index (χ1n) is 13.1. The molecular formula is C32H36N2O4. The Bertz CT molecular complexity index is 1270. The number of esters is 1. The van der Waals surface area contributed by atoms with E-state index in [-0.39, 0.29) is 11.8 Å². The second kappa shape index (κ2) is 12.6. The van der Waals surface area contributed by atoms with Gasteiger partial charge < -0.3 is 19.6 Å². The van der Waals surface area contributed by atoms with Crippen LogP contribution in [0.4, 0.5) is 11.4 Å². The van der Waals surface area contributed by atoms with Crippen molar-refractivity contribution in [3.8, 4) is 11.1 Å². The highest BCUT2D eigenvalue weighted by molar-refractivity contribution is 5.95. The third kappa shape index (κ3) is 6.90. The molecule has 0 spiro atoms. The molecule has 0 saturated heterocycles. The highest BCUT2D eigenvalue weighted by atomic mass is 16.5. The van der Waals surface area contributed by atoms with Gasteiger partial charge in [-0.2, -0.15) is 0 Å². The van der Waals surface area contributed by atoms with E-state index in [0.29, 0.717) is 13.0 Å². The molecule has 0 bridgehead atoms. The van der Waals surface area contributed by atoms with Crippen molar-refractivity contribution in [3.05, 3.63) is 90.0 Å². The van der Waals surface area contributed by atoms with Gasteiger partial charge in [-0.25, -0.2) is 4.79 Å². The van der Waals surface area contributed by atoms with Crippen LogP contribution in [0.15, 0.2) is 78.9 Å². The second-order valence-corrected chi connectivity index (χ2v) is 10.0. The van der Waals surface area contributed by atoms with Gasteiger partial charge in [-0.15, -0.1) is 0 Å². The molecule has 6 heteroatoms. The molecule has 3 aromatic rings. The minimum atomic E-state index is -0.438. The SMILES string of the molecule is COC(=O)/C=C/c1cccc(N(Cc2ccc(-c3ccc(N(C)C)cc3)cc2)C(=O)[C@@H]2CCC[C@@H](O)C2)c1. The number of amides is 1. The quantitative estimate of drug-likeness (QED) is 0.310. The van der Waals surface area contributed by atoms with E-state index >= 15 is 0 Å². The minimum absolute atomic E-state index is 0.0150. The third-order valence-electron chi connectivity index (χ3n) is 7.07. The summed E-state index contributed by atoms with van der Waals surface area (Å²) in [5.74, 6) is -0.639. The predicted molar refractivity (Wildman–Crippen MR) is 153 cm³/mol. The smallest absolute Gasteiger partial charge is 0.330 e. The Labute approximate surface area is 225 Å². The first kappa shape index (κ1) is 27.1. The van der Waals surface area contributed by atoms with E-state index in [4.69, 9.17) is 4.74 Å². The Balaban J connectivity index is 1.59. The first-order valence-corrected chi connectivity index (χ1v) is 13.1. The van der Waals surface area contributed by atoms with E-state index < -0.39 is 12.1 Å². The van der Waals surface area contributed by atoms with Gasteiger partial charge in [0.25, 0.3) is 0 Å². The zero-order valence-corrected chi connectivity index (χ0v) is 22.3. The van der Waals surface area contributed by atoms with Gasteiger partial charge in [0.05, 0.1) is 19.8 Å². The maximum atomic E-state index is 13.8. The van der Waals surface area contributed by atoms with Crippen molar-refractivity contribution in [1.29, 1.82) is 0 Å². The van der Waals surface area contributed by atoms with Crippen molar-refractivity contribution in [2.75, 3.05) is 31.0 Å². The summed E-state index contributed by atoms with van der Waals surface area (Å²) in [5.41, 5.74) is 5.96. The van der Waals surface area contributed by atoms with Crippen LogP contribution in [0.5, 0.6) is 0 Å². The lowest BCUT2D eigenvalue weighted by atomic mass is 9.86. The Kier molecular flexibility index (Phi) is 8.98. The summed E-state index contributed by atoms with van der Waals surface area (Å²) in [5, 5.41) is 10.2. The second-order valence-electron chi connectivity index (χ2n) is 10.0. The molecule has 0 radical (unpaired) electrons. The van der Waals surface area contributed by atoms with Crippen LogP contribution >= 0.6 is 0 Å². The van der Waals surface area contributed by atoms with Gasteiger partial charge in [0.15, 0.2) is 0 Å². The Hall–Kier alpha value is -3.90. The van der Waals surface area contributed by atoms with Crippen molar-refractivity contribution < 1.29 is 19.4 Å². The monoisotopic (exact) mass is 512 g/mol. The molecule has 3 aromatic carbocycles. The highest BCUT2D eigenvalue weighted by Gasteiger charge is 2.30. The molecule has 6 nitrogen and oxygen atoms in total. The molecule has 2 atom stereocenters. The van der Waals surface area contributed by atoms with Gasteiger partial charge in [-0.3, -0.25) is 4.79 Å². The van der Waals surface area contributed by atoms with Gasteiger partial charge in [0.1, 0.15) is 0 Å². The number of rotatable bonds is 8. The van der Waals surface area contributed by atoms with E-state index in [1.807, 2.05) is 38.4 Å². The molecule has 1 fully saturated rings. The fourth-order valence-corrected chi connectivity index (χ4v) is 4.87. The van der Waals surface area contributed by atoms with Crippen LogP contribution in [0.3, 0.4) is 0 Å². The lowest BCUT2D eigenvalue weighted by molar-refractivity contribution is -0.134. The third-order valence-corrected chi connectivity index (χ3v) is 7.07. The number of carbonyl (C=O) groups excluding carboxylic acids is 2. The standard InChI is InChI=1S/C32H36N2O4/c1-33(2)28-17-15-26(16-18-28)25-13-10-24(11-14-25)22-34(32(37)27-7-5-9-30(35)21-27)29-8-4-6-23(20-29)12-19-31(36)38-3/h4,6,8,10-20,27,30,35H,5,7,9,21-22H2,1-3H3/b19-12+/t27-,30-/m1/s1. The van der Waals surface area contributed by atoms with Crippen LogP contribution < -0.4 is 9.80 Å². The van der Waals surface area contributed by atoms with Crippen LogP contribution in [0.25, 0.3) is 17.2 Å². The van der Waals surface area contributed by atoms with Crippen molar-refractivity contribution in [1.82, 2.24) is 0 Å². The maximum Gasteiger partial charge on any atom is 0.330 e. The summed E-state index contributed by atoms with van der Waals surface area (Å²) in [6.45, 7) is 0.412. The molecule has 1 amide bonds. The highest BCUT2D eigenvalue weighted by Crippen LogP contribution is 2.30. The van der Waals surface area contributed by atoms with Crippen LogP contribution in [-0.2, 0) is 20.9 Å². The summed E-state index contributed by atoms with van der Waals surface area (Å²) in [7, 11) is 5.39. The van der Waals surface area contributed by atoms with E-state index in [9.17, 15) is 14.7 Å². The number of benzene rings is 3. The number of methoxy groups -OCH3 is 1. The van der Waals surface area contributed by atoms with Crippen molar-refractivity contribution in [3.63, 3.8) is 0 Å². The van der Waals surface area contributed by atoms with Crippen molar-refractivity contribution in [2.24, 2.45) is 5.92 Å². The van der Waals surface area contributed by atoms with Crippen LogP contribution in [-0.4, -0.2) is 44.3 Å². The zero-order valence-electron chi connectivity index (χ0n) is 22.3. The molecule has 1 saturated carbocycles. The van der Waals surface area contributed by atoms with Crippen LogP contribution in [0.1, 0.15) is 36.8 Å². The average Bonchev–Trinajstić information content (AvgIpc) is 2.94. The van der Waals surface area contributed by atoms with E-state index in [0.717, 1.165) is 52.9 Å². The molecule has 0 aromatic heterocycles. The molecule has 4 rings (SSSR count). The average molecular weight is 513 g/mol. The molecule has 198 valence electrons. The zero-order chi connectivity index (χ0) is 27.1. The minimum Gasteiger partial charge on any atom is -0.466 e. The summed E-state index contributed by atoms with van der Waals surface area (Å²) >= 11 is 0. The van der Waals surface area contributed by atoms with Gasteiger partial charge in [-0.05, 0) is 71.9 Å². The largest absolute Gasteiger partial charge is 0.466 e. The number of aliphatic hydroxyl groups is 1. The Morgan fingerprint density at radius 1 is 0.947 bits per heavy atom. The normalized spacial score (nSPS) is 17.3. The van der Waals surface area contributed by atoms with Crippen molar-refractivity contribution in [2.45, 2.75) is 38.3 Å². The fraction of sp³-hybridized carbons (Fsp3) is 0.312. The van der Waals surface area contributed by atoms with Gasteiger partial charge in [0.2, 0.25) is 5.91 Å². The molecule has 0 unspecified atom stereocenters. The summed E-state index contributed by atoms with van der Waals surface area (Å²) < 4.78 is 4.70. The lowest BCUT2D eigenvalue weighted by Gasteiger charge is -2.31. The lowest BCUT2D eigenvalue weighted by Crippen LogP contribution is -2.38. The number of hydrogen-bond donors (Lipinski definition) is 1. The van der Waals surface area contributed by atoms with E-state index in [1.54, 1.807) is 11.0 Å². The first-order chi connectivity index (χ1) is 18.3. The van der Waals surface area contributed by atoms with E-state index in [1.165, 1.54) is 13.2 Å². The molecule has 38 heavy (non-hydrogen) atoms.